The largest absolute Gasteiger partial charge is 0.364 e. The molecule has 19 heavy (non-hydrogen) atoms. The fourth-order valence-corrected chi connectivity index (χ4v) is 1.68. The van der Waals surface area contributed by atoms with Gasteiger partial charge in [0.25, 0.3) is 0 Å². The zero-order valence-corrected chi connectivity index (χ0v) is 10.6. The van der Waals surface area contributed by atoms with Crippen LogP contribution in [0.3, 0.4) is 0 Å². The molecule has 2 rings (SSSR count). The Hall–Kier alpha value is -2.29. The second-order valence-electron chi connectivity index (χ2n) is 3.54. The molecule has 0 spiro atoms. The number of aryl methyl sites for hydroxylation is 1. The minimum Gasteiger partial charge on any atom is -0.364 e. The van der Waals surface area contributed by atoms with E-state index in [0.29, 0.717) is 18.9 Å². The Bertz CT molecular complexity index is 588. The molecular formula is C9H9ClN6O3. The van der Waals surface area contributed by atoms with Gasteiger partial charge in [-0.15, -0.1) is 0 Å². The van der Waals surface area contributed by atoms with Gasteiger partial charge >= 0.3 is 5.69 Å². The zero-order valence-electron chi connectivity index (χ0n) is 9.83. The summed E-state index contributed by atoms with van der Waals surface area (Å²) in [5, 5.41) is 17.2. The molecule has 0 radical (unpaired) electrons. The highest BCUT2D eigenvalue weighted by atomic mass is 35.5. The Morgan fingerprint density at radius 3 is 2.95 bits per heavy atom. The number of nitrogens with one attached hydrogen (secondary N) is 1. The monoisotopic (exact) mass is 284 g/mol. The first-order chi connectivity index (χ1) is 9.08. The molecule has 0 saturated heterocycles. The molecule has 0 aliphatic rings. The number of nitrogens with zero attached hydrogens (tertiary/aromatic N) is 5. The number of halogens is 1. The first kappa shape index (κ1) is 13.1. The molecule has 100 valence electrons. The maximum atomic E-state index is 10.9. The number of hydrogen-bond donors (Lipinski definition) is 1. The van der Waals surface area contributed by atoms with Crippen LogP contribution >= 0.6 is 11.6 Å². The lowest BCUT2D eigenvalue weighted by Crippen LogP contribution is -2.10. The lowest BCUT2D eigenvalue weighted by Gasteiger charge is -2.06. The van der Waals surface area contributed by atoms with Gasteiger partial charge in [0.2, 0.25) is 17.0 Å². The van der Waals surface area contributed by atoms with Gasteiger partial charge in [0.05, 0.1) is 4.92 Å². The summed E-state index contributed by atoms with van der Waals surface area (Å²) in [7, 11) is 0. The predicted octanol–water partition coefficient (Wildman–Crippen LogP) is 1.38. The highest BCUT2D eigenvalue weighted by Gasteiger charge is 2.21. The Labute approximate surface area is 112 Å². The van der Waals surface area contributed by atoms with Crippen LogP contribution in [0, 0.1) is 17.0 Å². The molecule has 0 bridgehead atoms. The molecule has 1 N–H and O–H groups in total. The molecule has 2 aromatic rings. The van der Waals surface area contributed by atoms with Gasteiger partial charge < -0.3 is 9.84 Å². The van der Waals surface area contributed by atoms with Gasteiger partial charge in [-0.1, -0.05) is 5.16 Å². The number of hydrogen-bond acceptors (Lipinski definition) is 8. The van der Waals surface area contributed by atoms with Crippen molar-refractivity contribution in [2.75, 3.05) is 11.9 Å². The van der Waals surface area contributed by atoms with E-state index in [0.717, 1.165) is 0 Å². The molecule has 2 aromatic heterocycles. The van der Waals surface area contributed by atoms with Gasteiger partial charge in [0.1, 0.15) is 5.69 Å². The van der Waals surface area contributed by atoms with Crippen LogP contribution in [0.4, 0.5) is 11.5 Å². The second kappa shape index (κ2) is 5.57. The fourth-order valence-electron chi connectivity index (χ4n) is 1.47. The summed E-state index contributed by atoms with van der Waals surface area (Å²) < 4.78 is 4.80. The van der Waals surface area contributed by atoms with Crippen molar-refractivity contribution in [2.24, 2.45) is 0 Å². The first-order valence-electron chi connectivity index (χ1n) is 5.26. The van der Waals surface area contributed by atoms with E-state index in [1.165, 1.54) is 13.3 Å². The van der Waals surface area contributed by atoms with Gasteiger partial charge in [-0.05, 0) is 18.5 Å². The molecule has 0 saturated carbocycles. The first-order valence-corrected chi connectivity index (χ1v) is 5.63. The molecule has 0 atom stereocenters. The average Bonchev–Trinajstić information content (AvgIpc) is 2.80. The summed E-state index contributed by atoms with van der Waals surface area (Å²) in [5.74, 6) is 0.494. The Morgan fingerprint density at radius 2 is 2.32 bits per heavy atom. The van der Waals surface area contributed by atoms with E-state index in [1.54, 1.807) is 0 Å². The van der Waals surface area contributed by atoms with E-state index in [4.69, 9.17) is 16.1 Å². The summed E-state index contributed by atoms with van der Waals surface area (Å²) in [6, 6.07) is 0. The highest BCUT2D eigenvalue weighted by Crippen LogP contribution is 2.26. The summed E-state index contributed by atoms with van der Waals surface area (Å²) in [5.41, 5.74) is 0.000203. The topological polar surface area (TPSA) is 120 Å². The van der Waals surface area contributed by atoms with Gasteiger partial charge in [-0.2, -0.15) is 9.97 Å². The van der Waals surface area contributed by atoms with Crippen molar-refractivity contribution in [1.82, 2.24) is 20.1 Å². The maximum absolute atomic E-state index is 10.9. The molecular weight excluding hydrogens is 276 g/mol. The van der Waals surface area contributed by atoms with Crippen molar-refractivity contribution in [3.63, 3.8) is 0 Å². The van der Waals surface area contributed by atoms with E-state index in [-0.39, 0.29) is 22.5 Å². The van der Waals surface area contributed by atoms with Gasteiger partial charge in [0.15, 0.2) is 6.33 Å². The van der Waals surface area contributed by atoms with Crippen molar-refractivity contribution in [2.45, 2.75) is 13.3 Å². The molecule has 0 aliphatic carbocycles. The predicted molar refractivity (Wildman–Crippen MR) is 64.9 cm³/mol. The van der Waals surface area contributed by atoms with Crippen LogP contribution in [0.1, 0.15) is 11.6 Å². The highest BCUT2D eigenvalue weighted by molar-refractivity contribution is 6.28. The maximum Gasteiger partial charge on any atom is 0.332 e. The van der Waals surface area contributed by atoms with Crippen molar-refractivity contribution >= 4 is 23.1 Å². The number of aromatic nitrogens is 4. The Balaban J connectivity index is 2.12. The lowest BCUT2D eigenvalue weighted by molar-refractivity contribution is -0.385. The SMILES string of the molecule is Cc1nc(Cl)nc(NCCc2ncno2)c1[N+](=O)[O-]. The minimum atomic E-state index is -0.555. The van der Waals surface area contributed by atoms with E-state index < -0.39 is 4.92 Å². The van der Waals surface area contributed by atoms with Crippen LogP contribution in [-0.2, 0) is 6.42 Å². The quantitative estimate of drug-likeness (QED) is 0.497. The summed E-state index contributed by atoms with van der Waals surface area (Å²) >= 11 is 5.68. The van der Waals surface area contributed by atoms with Crippen LogP contribution in [0.15, 0.2) is 10.9 Å². The number of rotatable bonds is 5. The molecule has 2 heterocycles. The molecule has 0 aromatic carbocycles. The smallest absolute Gasteiger partial charge is 0.332 e. The second-order valence-corrected chi connectivity index (χ2v) is 3.88. The zero-order chi connectivity index (χ0) is 13.8. The van der Waals surface area contributed by atoms with E-state index in [1.807, 2.05) is 0 Å². The Morgan fingerprint density at radius 1 is 1.53 bits per heavy atom. The molecule has 0 aliphatic heterocycles. The van der Waals surface area contributed by atoms with E-state index in [9.17, 15) is 10.1 Å². The third-order valence-corrected chi connectivity index (χ3v) is 2.42. The third kappa shape index (κ3) is 3.13. The van der Waals surface area contributed by atoms with Crippen LogP contribution in [-0.4, -0.2) is 31.6 Å². The van der Waals surface area contributed by atoms with Gasteiger partial charge in [0, 0.05) is 13.0 Å². The number of nitro groups is 1. The van der Waals surface area contributed by atoms with Crippen LogP contribution in [0.25, 0.3) is 0 Å². The molecule has 10 heteroatoms. The van der Waals surface area contributed by atoms with E-state index >= 15 is 0 Å². The molecule has 0 unspecified atom stereocenters. The van der Waals surface area contributed by atoms with E-state index in [2.05, 4.69) is 25.4 Å². The van der Waals surface area contributed by atoms with Crippen LogP contribution < -0.4 is 5.32 Å². The summed E-state index contributed by atoms with van der Waals surface area (Å²) in [6.45, 7) is 1.84. The minimum absolute atomic E-state index is 0.0524. The van der Waals surface area contributed by atoms with Crippen molar-refractivity contribution < 1.29 is 9.45 Å². The summed E-state index contributed by atoms with van der Waals surface area (Å²) in [6.07, 6.45) is 1.70. The molecule has 0 fully saturated rings. The van der Waals surface area contributed by atoms with Crippen molar-refractivity contribution in [3.8, 4) is 0 Å². The number of anilines is 1. The normalized spacial score (nSPS) is 10.4. The van der Waals surface area contributed by atoms with Gasteiger partial charge in [-0.25, -0.2) is 4.98 Å². The molecule has 0 amide bonds. The standard InChI is InChI=1S/C9H9ClN6O3/c1-5-7(16(17)18)8(15-9(10)14-5)11-3-2-6-12-4-13-19-6/h4H,2-3H2,1H3,(H,11,14,15). The third-order valence-electron chi connectivity index (χ3n) is 2.25. The molecule has 9 nitrogen and oxygen atoms in total. The fraction of sp³-hybridized carbons (Fsp3) is 0.333. The Kier molecular flexibility index (Phi) is 3.85. The van der Waals surface area contributed by atoms with Crippen molar-refractivity contribution in [1.29, 1.82) is 0 Å². The van der Waals surface area contributed by atoms with Gasteiger partial charge in [-0.3, -0.25) is 10.1 Å². The lowest BCUT2D eigenvalue weighted by atomic mass is 10.3. The average molecular weight is 285 g/mol. The van der Waals surface area contributed by atoms with Crippen LogP contribution in [0.2, 0.25) is 5.28 Å². The summed E-state index contributed by atoms with van der Waals surface area (Å²) in [4.78, 5) is 21.8. The van der Waals surface area contributed by atoms with Crippen molar-refractivity contribution in [3.05, 3.63) is 33.3 Å². The van der Waals surface area contributed by atoms with Crippen LogP contribution in [0.5, 0.6) is 0 Å².